The topological polar surface area (TPSA) is 38.3 Å². The largest absolute Gasteiger partial charge is 0.449 e. The SMILES string of the molecule is CC(C)COC(=O)NCCc1cccc(Br)c1. The van der Waals surface area contributed by atoms with Crippen LogP contribution in [0.1, 0.15) is 19.4 Å². The van der Waals surface area contributed by atoms with E-state index in [0.29, 0.717) is 19.1 Å². The second-order valence-corrected chi connectivity index (χ2v) is 5.21. The van der Waals surface area contributed by atoms with Crippen LogP contribution in [0.3, 0.4) is 0 Å². The first kappa shape index (κ1) is 14.0. The molecule has 0 fully saturated rings. The van der Waals surface area contributed by atoms with Crippen LogP contribution >= 0.6 is 15.9 Å². The molecule has 4 heteroatoms. The lowest BCUT2D eigenvalue weighted by molar-refractivity contribution is 0.133. The third kappa shape index (κ3) is 6.31. The summed E-state index contributed by atoms with van der Waals surface area (Å²) in [6.45, 7) is 5.07. The van der Waals surface area contributed by atoms with E-state index >= 15 is 0 Å². The van der Waals surface area contributed by atoms with E-state index in [9.17, 15) is 4.79 Å². The van der Waals surface area contributed by atoms with Crippen LogP contribution in [-0.2, 0) is 11.2 Å². The van der Waals surface area contributed by atoms with E-state index in [0.717, 1.165) is 10.9 Å². The highest BCUT2D eigenvalue weighted by Gasteiger charge is 2.03. The molecule has 3 nitrogen and oxygen atoms in total. The zero-order valence-electron chi connectivity index (χ0n) is 10.2. The standard InChI is InChI=1S/C13H18BrNO2/c1-10(2)9-17-13(16)15-7-6-11-4-3-5-12(14)8-11/h3-5,8,10H,6-7,9H2,1-2H3,(H,15,16). The number of rotatable bonds is 5. The molecule has 0 aliphatic carbocycles. The van der Waals surface area contributed by atoms with Gasteiger partial charge in [0.15, 0.2) is 0 Å². The van der Waals surface area contributed by atoms with Crippen LogP contribution in [0.15, 0.2) is 28.7 Å². The second kappa shape index (κ2) is 7.33. The van der Waals surface area contributed by atoms with E-state index in [1.165, 1.54) is 5.56 Å². The van der Waals surface area contributed by atoms with Gasteiger partial charge in [-0.25, -0.2) is 4.79 Å². The molecule has 1 rings (SSSR count). The molecule has 0 spiro atoms. The van der Waals surface area contributed by atoms with Gasteiger partial charge < -0.3 is 10.1 Å². The minimum Gasteiger partial charge on any atom is -0.449 e. The molecule has 0 aliphatic rings. The van der Waals surface area contributed by atoms with Crippen molar-refractivity contribution in [2.75, 3.05) is 13.2 Å². The molecule has 17 heavy (non-hydrogen) atoms. The predicted molar refractivity (Wildman–Crippen MR) is 72.0 cm³/mol. The van der Waals surface area contributed by atoms with Crippen molar-refractivity contribution >= 4 is 22.0 Å². The third-order valence-electron chi connectivity index (χ3n) is 2.12. The number of hydrogen-bond acceptors (Lipinski definition) is 2. The first-order valence-corrected chi connectivity index (χ1v) is 6.52. The Morgan fingerprint density at radius 3 is 2.88 bits per heavy atom. The molecule has 1 amide bonds. The first-order valence-electron chi connectivity index (χ1n) is 5.73. The lowest BCUT2D eigenvalue weighted by atomic mass is 10.1. The lowest BCUT2D eigenvalue weighted by Gasteiger charge is -2.08. The highest BCUT2D eigenvalue weighted by molar-refractivity contribution is 9.10. The minimum atomic E-state index is -0.339. The first-order chi connectivity index (χ1) is 8.08. The van der Waals surface area contributed by atoms with Crippen molar-refractivity contribution in [3.05, 3.63) is 34.3 Å². The highest BCUT2D eigenvalue weighted by Crippen LogP contribution is 2.11. The molecule has 1 aromatic rings. The van der Waals surface area contributed by atoms with Crippen LogP contribution in [0.5, 0.6) is 0 Å². The number of halogens is 1. The van der Waals surface area contributed by atoms with Gasteiger partial charge in [0.05, 0.1) is 6.61 Å². The molecular weight excluding hydrogens is 282 g/mol. The Hall–Kier alpha value is -1.03. The zero-order valence-corrected chi connectivity index (χ0v) is 11.8. The summed E-state index contributed by atoms with van der Waals surface area (Å²) in [7, 11) is 0. The molecule has 0 aromatic heterocycles. The Bertz CT molecular complexity index is 366. The summed E-state index contributed by atoms with van der Waals surface area (Å²) in [6, 6.07) is 8.04. The van der Waals surface area contributed by atoms with Gasteiger partial charge in [-0.15, -0.1) is 0 Å². The molecule has 0 bridgehead atoms. The Labute approximate surface area is 111 Å². The van der Waals surface area contributed by atoms with E-state index in [-0.39, 0.29) is 6.09 Å². The van der Waals surface area contributed by atoms with Crippen molar-refractivity contribution in [2.24, 2.45) is 5.92 Å². The Kier molecular flexibility index (Phi) is 6.05. The average Bonchev–Trinajstić information content (AvgIpc) is 2.26. The van der Waals surface area contributed by atoms with E-state index in [4.69, 9.17) is 4.74 Å². The fourth-order valence-corrected chi connectivity index (χ4v) is 1.74. The summed E-state index contributed by atoms with van der Waals surface area (Å²) in [5.41, 5.74) is 1.18. The molecule has 0 radical (unpaired) electrons. The van der Waals surface area contributed by atoms with Crippen molar-refractivity contribution in [3.63, 3.8) is 0 Å². The molecule has 94 valence electrons. The number of hydrogen-bond donors (Lipinski definition) is 1. The number of carbonyl (C=O) groups is 1. The van der Waals surface area contributed by atoms with Gasteiger partial charge in [-0.1, -0.05) is 41.9 Å². The fourth-order valence-electron chi connectivity index (χ4n) is 1.29. The number of ether oxygens (including phenoxy) is 1. The Morgan fingerprint density at radius 2 is 2.24 bits per heavy atom. The van der Waals surface area contributed by atoms with Crippen LogP contribution < -0.4 is 5.32 Å². The number of amides is 1. The van der Waals surface area contributed by atoms with Crippen molar-refractivity contribution in [1.29, 1.82) is 0 Å². The number of alkyl carbamates (subject to hydrolysis) is 1. The van der Waals surface area contributed by atoms with Gasteiger partial charge >= 0.3 is 6.09 Å². The summed E-state index contributed by atoms with van der Waals surface area (Å²) in [5, 5.41) is 2.73. The van der Waals surface area contributed by atoms with Gasteiger partial charge in [-0.2, -0.15) is 0 Å². The molecule has 1 N–H and O–H groups in total. The number of carbonyl (C=O) groups excluding carboxylic acids is 1. The summed E-state index contributed by atoms with van der Waals surface area (Å²) in [5.74, 6) is 0.367. The quantitative estimate of drug-likeness (QED) is 0.905. The van der Waals surface area contributed by atoms with E-state index in [1.807, 2.05) is 38.1 Å². The maximum Gasteiger partial charge on any atom is 0.407 e. The van der Waals surface area contributed by atoms with Gasteiger partial charge in [0.25, 0.3) is 0 Å². The van der Waals surface area contributed by atoms with Crippen LogP contribution in [0, 0.1) is 5.92 Å². The maximum absolute atomic E-state index is 11.3. The molecule has 0 saturated carbocycles. The van der Waals surface area contributed by atoms with Crippen molar-refractivity contribution in [2.45, 2.75) is 20.3 Å². The molecule has 0 heterocycles. The summed E-state index contributed by atoms with van der Waals surface area (Å²) < 4.78 is 6.06. The smallest absolute Gasteiger partial charge is 0.407 e. The van der Waals surface area contributed by atoms with E-state index < -0.39 is 0 Å². The van der Waals surface area contributed by atoms with Crippen LogP contribution in [0.2, 0.25) is 0 Å². The van der Waals surface area contributed by atoms with Crippen LogP contribution in [0.4, 0.5) is 4.79 Å². The Morgan fingerprint density at radius 1 is 1.47 bits per heavy atom. The molecule has 0 aliphatic heterocycles. The summed E-state index contributed by atoms with van der Waals surface area (Å²) in [6.07, 6.45) is 0.463. The predicted octanol–water partition coefficient (Wildman–Crippen LogP) is 3.37. The summed E-state index contributed by atoms with van der Waals surface area (Å²) in [4.78, 5) is 11.3. The molecule has 0 atom stereocenters. The van der Waals surface area contributed by atoms with Gasteiger partial charge in [-0.3, -0.25) is 0 Å². The molecular formula is C13H18BrNO2. The highest BCUT2D eigenvalue weighted by atomic mass is 79.9. The van der Waals surface area contributed by atoms with Crippen LogP contribution in [-0.4, -0.2) is 19.2 Å². The maximum atomic E-state index is 11.3. The Balaban J connectivity index is 2.21. The van der Waals surface area contributed by atoms with Crippen molar-refractivity contribution < 1.29 is 9.53 Å². The van der Waals surface area contributed by atoms with Gasteiger partial charge in [-0.05, 0) is 30.0 Å². The fraction of sp³-hybridized carbons (Fsp3) is 0.462. The van der Waals surface area contributed by atoms with E-state index in [2.05, 4.69) is 21.2 Å². The monoisotopic (exact) mass is 299 g/mol. The van der Waals surface area contributed by atoms with Crippen LogP contribution in [0.25, 0.3) is 0 Å². The average molecular weight is 300 g/mol. The number of nitrogens with one attached hydrogen (secondary N) is 1. The molecule has 1 aromatic carbocycles. The molecule has 0 saturated heterocycles. The zero-order chi connectivity index (χ0) is 12.7. The van der Waals surface area contributed by atoms with Crippen molar-refractivity contribution in [1.82, 2.24) is 5.32 Å². The van der Waals surface area contributed by atoms with Gasteiger partial charge in [0, 0.05) is 11.0 Å². The van der Waals surface area contributed by atoms with Gasteiger partial charge in [0.2, 0.25) is 0 Å². The normalized spacial score (nSPS) is 10.4. The number of benzene rings is 1. The third-order valence-corrected chi connectivity index (χ3v) is 2.61. The van der Waals surface area contributed by atoms with E-state index in [1.54, 1.807) is 0 Å². The summed E-state index contributed by atoms with van der Waals surface area (Å²) >= 11 is 3.41. The van der Waals surface area contributed by atoms with Crippen molar-refractivity contribution in [3.8, 4) is 0 Å². The molecule has 0 unspecified atom stereocenters. The van der Waals surface area contributed by atoms with Gasteiger partial charge in [0.1, 0.15) is 0 Å². The minimum absolute atomic E-state index is 0.339. The lowest BCUT2D eigenvalue weighted by Crippen LogP contribution is -2.27. The second-order valence-electron chi connectivity index (χ2n) is 4.30.